The van der Waals surface area contributed by atoms with Crippen LogP contribution in [0, 0.1) is 6.92 Å². The molecule has 2 aromatic carbocycles. The molecule has 0 spiro atoms. The van der Waals surface area contributed by atoms with Crippen molar-refractivity contribution in [2.75, 3.05) is 11.9 Å². The van der Waals surface area contributed by atoms with E-state index in [9.17, 15) is 8.42 Å². The number of rotatable bonds is 1. The quantitative estimate of drug-likeness (QED) is 0.791. The molecule has 1 unspecified atom stereocenters. The lowest BCUT2D eigenvalue weighted by Crippen LogP contribution is -2.36. The number of fused-ring (bicyclic) bond motifs is 1. The van der Waals surface area contributed by atoms with Gasteiger partial charge in [0.05, 0.1) is 4.90 Å². The minimum Gasteiger partial charge on any atom is -0.371 e. The second kappa shape index (κ2) is 6.57. The summed E-state index contributed by atoms with van der Waals surface area (Å²) in [7, 11) is -1.84. The van der Waals surface area contributed by atoms with Crippen LogP contribution in [0.1, 0.15) is 31.9 Å². The molecule has 1 heterocycles. The number of para-hydroxylation sites is 1. The molecule has 5 heteroatoms. The van der Waals surface area contributed by atoms with Crippen molar-refractivity contribution in [1.82, 2.24) is 0 Å². The standard InChI is InChI=1S/C12H17N.C7H8O3S/c1-9-12(2,3)10-7-5-6-8-11(10)13(9)4;1-6-2-4-7(5-3-6)11(8,9)10/h5-9H,1-4H3;2-5H,1H3,(H,8,9,10). The van der Waals surface area contributed by atoms with E-state index in [1.54, 1.807) is 12.1 Å². The molecule has 1 aliphatic heterocycles. The number of hydrogen-bond donors (Lipinski definition) is 1. The first-order valence-electron chi connectivity index (χ1n) is 7.91. The average Bonchev–Trinajstić information content (AvgIpc) is 2.69. The molecule has 1 aliphatic rings. The fourth-order valence-corrected chi connectivity index (χ4v) is 3.43. The molecule has 0 saturated carbocycles. The Labute approximate surface area is 144 Å². The summed E-state index contributed by atoms with van der Waals surface area (Å²) >= 11 is 0. The van der Waals surface area contributed by atoms with E-state index in [2.05, 4.69) is 57.0 Å². The van der Waals surface area contributed by atoms with Gasteiger partial charge in [-0.15, -0.1) is 0 Å². The molecule has 0 radical (unpaired) electrons. The Balaban J connectivity index is 0.000000177. The summed E-state index contributed by atoms with van der Waals surface area (Å²) in [6.07, 6.45) is 0. The van der Waals surface area contributed by atoms with Crippen molar-refractivity contribution >= 4 is 15.8 Å². The van der Waals surface area contributed by atoms with E-state index in [4.69, 9.17) is 4.55 Å². The van der Waals surface area contributed by atoms with Crippen LogP contribution < -0.4 is 4.90 Å². The Morgan fingerprint density at radius 2 is 1.58 bits per heavy atom. The first-order chi connectivity index (χ1) is 11.0. The van der Waals surface area contributed by atoms with Crippen LogP contribution in [-0.2, 0) is 15.5 Å². The highest BCUT2D eigenvalue weighted by atomic mass is 32.2. The summed E-state index contributed by atoms with van der Waals surface area (Å²) in [5, 5.41) is 0. The lowest BCUT2D eigenvalue weighted by Gasteiger charge is -2.28. The van der Waals surface area contributed by atoms with Crippen LogP contribution in [-0.4, -0.2) is 26.1 Å². The van der Waals surface area contributed by atoms with Crippen LogP contribution in [0.15, 0.2) is 53.4 Å². The first-order valence-corrected chi connectivity index (χ1v) is 9.35. The van der Waals surface area contributed by atoms with Gasteiger partial charge < -0.3 is 4.90 Å². The summed E-state index contributed by atoms with van der Waals surface area (Å²) in [6.45, 7) is 8.77. The van der Waals surface area contributed by atoms with Gasteiger partial charge in [-0.2, -0.15) is 8.42 Å². The number of nitrogens with zero attached hydrogens (tertiary/aromatic N) is 1. The maximum Gasteiger partial charge on any atom is 0.294 e. The third-order valence-electron chi connectivity index (χ3n) is 4.92. The monoisotopic (exact) mass is 347 g/mol. The predicted molar refractivity (Wildman–Crippen MR) is 98.3 cm³/mol. The van der Waals surface area contributed by atoms with Crippen LogP contribution in [0.25, 0.3) is 0 Å². The van der Waals surface area contributed by atoms with Crippen LogP contribution in [0.4, 0.5) is 5.69 Å². The Bertz CT molecular complexity index is 811. The van der Waals surface area contributed by atoms with Crippen LogP contribution >= 0.6 is 0 Å². The number of likely N-dealkylation sites (N-methyl/N-ethyl adjacent to an activating group) is 1. The van der Waals surface area contributed by atoms with Gasteiger partial charge in [0.2, 0.25) is 0 Å². The van der Waals surface area contributed by atoms with Crippen molar-refractivity contribution in [3.05, 3.63) is 59.7 Å². The summed E-state index contributed by atoms with van der Waals surface area (Å²) in [6, 6.07) is 15.3. The van der Waals surface area contributed by atoms with Crippen molar-refractivity contribution in [2.45, 2.75) is 44.0 Å². The van der Waals surface area contributed by atoms with E-state index in [-0.39, 0.29) is 10.3 Å². The highest BCUT2D eigenvalue weighted by Gasteiger charge is 2.39. The highest BCUT2D eigenvalue weighted by molar-refractivity contribution is 7.85. The highest BCUT2D eigenvalue weighted by Crippen LogP contribution is 2.43. The molecular formula is C19H25NO3S. The zero-order valence-electron chi connectivity index (χ0n) is 14.8. The largest absolute Gasteiger partial charge is 0.371 e. The summed E-state index contributed by atoms with van der Waals surface area (Å²) in [5.74, 6) is 0. The lowest BCUT2D eigenvalue weighted by molar-refractivity contribution is 0.454. The van der Waals surface area contributed by atoms with Gasteiger partial charge in [-0.1, -0.05) is 49.7 Å². The molecule has 1 N–H and O–H groups in total. The number of anilines is 1. The van der Waals surface area contributed by atoms with E-state index in [1.807, 2.05) is 6.92 Å². The minimum atomic E-state index is -4.02. The number of benzene rings is 2. The molecule has 0 fully saturated rings. The van der Waals surface area contributed by atoms with Crippen molar-refractivity contribution in [3.63, 3.8) is 0 Å². The Morgan fingerprint density at radius 3 is 2.08 bits per heavy atom. The second-order valence-electron chi connectivity index (χ2n) is 6.81. The Hall–Kier alpha value is -1.85. The van der Waals surface area contributed by atoms with Gasteiger partial charge in [-0.3, -0.25) is 4.55 Å². The van der Waals surface area contributed by atoms with Crippen molar-refractivity contribution in [1.29, 1.82) is 0 Å². The topological polar surface area (TPSA) is 57.6 Å². The molecule has 0 aromatic heterocycles. The molecule has 0 amide bonds. The third-order valence-corrected chi connectivity index (χ3v) is 5.79. The average molecular weight is 347 g/mol. The normalized spacial score (nSPS) is 18.6. The molecule has 130 valence electrons. The van der Waals surface area contributed by atoms with Gasteiger partial charge in [0.25, 0.3) is 10.1 Å². The number of hydrogen-bond acceptors (Lipinski definition) is 3. The van der Waals surface area contributed by atoms with Gasteiger partial charge in [0.15, 0.2) is 0 Å². The molecule has 0 aliphatic carbocycles. The number of aryl methyl sites for hydroxylation is 1. The molecule has 0 bridgehead atoms. The van der Waals surface area contributed by atoms with E-state index in [1.165, 1.54) is 23.4 Å². The minimum absolute atomic E-state index is 0.0666. The molecule has 2 aromatic rings. The van der Waals surface area contributed by atoms with E-state index in [0.29, 0.717) is 6.04 Å². The van der Waals surface area contributed by atoms with Gasteiger partial charge in [-0.05, 0) is 37.6 Å². The van der Waals surface area contributed by atoms with Crippen LogP contribution in [0.5, 0.6) is 0 Å². The van der Waals surface area contributed by atoms with Gasteiger partial charge in [0.1, 0.15) is 0 Å². The molecule has 24 heavy (non-hydrogen) atoms. The maximum absolute atomic E-state index is 10.5. The second-order valence-corrected chi connectivity index (χ2v) is 8.24. The fourth-order valence-electron chi connectivity index (χ4n) is 2.95. The van der Waals surface area contributed by atoms with Gasteiger partial charge in [-0.25, -0.2) is 0 Å². The lowest BCUT2D eigenvalue weighted by atomic mass is 9.81. The Kier molecular flexibility index (Phi) is 5.06. The smallest absolute Gasteiger partial charge is 0.294 e. The Morgan fingerprint density at radius 1 is 1.04 bits per heavy atom. The summed E-state index contributed by atoms with van der Waals surface area (Å²) in [5.41, 5.74) is 4.10. The van der Waals surface area contributed by atoms with Crippen molar-refractivity contribution < 1.29 is 13.0 Å². The van der Waals surface area contributed by atoms with Crippen molar-refractivity contribution in [3.8, 4) is 0 Å². The summed E-state index contributed by atoms with van der Waals surface area (Å²) < 4.78 is 29.6. The first kappa shape index (κ1) is 18.5. The third kappa shape index (κ3) is 3.62. The van der Waals surface area contributed by atoms with E-state index in [0.717, 1.165) is 5.56 Å². The maximum atomic E-state index is 10.5. The fraction of sp³-hybridized carbons (Fsp3) is 0.368. The molecule has 1 atom stereocenters. The van der Waals surface area contributed by atoms with Gasteiger partial charge in [0, 0.05) is 24.2 Å². The van der Waals surface area contributed by atoms with Crippen LogP contribution in [0.2, 0.25) is 0 Å². The van der Waals surface area contributed by atoms with Crippen molar-refractivity contribution in [2.24, 2.45) is 0 Å². The SMILES string of the molecule is CC1N(C)c2ccccc2C1(C)C.Cc1ccc(S(=O)(=O)O)cc1. The van der Waals surface area contributed by atoms with Gasteiger partial charge >= 0.3 is 0 Å². The van der Waals surface area contributed by atoms with E-state index < -0.39 is 10.1 Å². The zero-order chi connectivity index (χ0) is 18.1. The van der Waals surface area contributed by atoms with E-state index >= 15 is 0 Å². The molecule has 0 saturated heterocycles. The summed E-state index contributed by atoms with van der Waals surface area (Å²) in [4.78, 5) is 2.30. The van der Waals surface area contributed by atoms with Crippen LogP contribution in [0.3, 0.4) is 0 Å². The molecular weight excluding hydrogens is 322 g/mol. The molecule has 4 nitrogen and oxygen atoms in total. The predicted octanol–water partition coefficient (Wildman–Crippen LogP) is 4.04. The molecule has 3 rings (SSSR count). The zero-order valence-corrected chi connectivity index (χ0v) is 15.6.